The maximum atomic E-state index is 13.8. The molecule has 1 heterocycles. The summed E-state index contributed by atoms with van der Waals surface area (Å²) in [7, 11) is 0. The van der Waals surface area contributed by atoms with E-state index in [2.05, 4.69) is 20.9 Å². The van der Waals surface area contributed by atoms with Crippen LogP contribution in [0.1, 0.15) is 41.2 Å². The average molecular weight is 469 g/mol. The zero-order valence-corrected chi connectivity index (χ0v) is 18.7. The van der Waals surface area contributed by atoms with E-state index in [4.69, 9.17) is 4.74 Å². The number of para-hydroxylation sites is 2. The maximum Gasteiger partial charge on any atom is 0.319 e. The molecule has 2 aromatic carbocycles. The van der Waals surface area contributed by atoms with E-state index < -0.39 is 11.8 Å². The number of aromatic nitrogens is 1. The molecule has 1 fully saturated rings. The van der Waals surface area contributed by atoms with Gasteiger partial charge in [0.1, 0.15) is 28.9 Å². The zero-order valence-electron chi connectivity index (χ0n) is 17.9. The van der Waals surface area contributed by atoms with Gasteiger partial charge in [-0.2, -0.15) is 0 Å². The second kappa shape index (κ2) is 10.9. The second-order valence-electron chi connectivity index (χ2n) is 7.78. The van der Waals surface area contributed by atoms with Crippen molar-refractivity contribution in [3.05, 3.63) is 76.5 Å². The Bertz CT molecular complexity index is 1090. The van der Waals surface area contributed by atoms with Crippen LogP contribution >= 0.6 is 11.3 Å². The summed E-state index contributed by atoms with van der Waals surface area (Å²) in [5, 5.41) is 10.8. The van der Waals surface area contributed by atoms with Crippen LogP contribution in [0.3, 0.4) is 0 Å². The fourth-order valence-electron chi connectivity index (χ4n) is 3.75. The topological polar surface area (TPSA) is 92.4 Å². The number of carbonyl (C=O) groups excluding carboxylic acids is 2. The van der Waals surface area contributed by atoms with Gasteiger partial charge in [-0.25, -0.2) is 14.2 Å². The van der Waals surface area contributed by atoms with E-state index in [0.29, 0.717) is 10.7 Å². The highest BCUT2D eigenvalue weighted by Crippen LogP contribution is 2.21. The van der Waals surface area contributed by atoms with Crippen molar-refractivity contribution >= 4 is 29.0 Å². The molecule has 2 unspecified atom stereocenters. The number of hydrogen-bond acceptors (Lipinski definition) is 5. The Morgan fingerprint density at radius 2 is 1.70 bits per heavy atom. The standard InChI is InChI=1S/C24H25FN4O3S/c25-17-10-4-5-11-18(17)28-24(31)29-20-13-7-6-12-19(20)27-23(30)21-15-33-22(26-21)14-32-16-8-2-1-3-9-16/h1-5,8-11,15,19-20H,6-7,12-14H2,(H,27,30)(H2,28,29,31). The lowest BCUT2D eigenvalue weighted by molar-refractivity contribution is 0.0911. The number of ether oxygens (including phenoxy) is 1. The molecule has 2 atom stereocenters. The number of rotatable bonds is 7. The van der Waals surface area contributed by atoms with Gasteiger partial charge in [-0.3, -0.25) is 4.79 Å². The molecular formula is C24H25FN4O3S. The largest absolute Gasteiger partial charge is 0.486 e. The number of nitrogens with one attached hydrogen (secondary N) is 3. The lowest BCUT2D eigenvalue weighted by Crippen LogP contribution is -2.54. The Morgan fingerprint density at radius 3 is 2.45 bits per heavy atom. The van der Waals surface area contributed by atoms with Crippen molar-refractivity contribution in [3.8, 4) is 5.75 Å². The van der Waals surface area contributed by atoms with Crippen LogP contribution in [0.15, 0.2) is 60.0 Å². The van der Waals surface area contributed by atoms with Gasteiger partial charge in [0.15, 0.2) is 0 Å². The number of urea groups is 1. The van der Waals surface area contributed by atoms with Crippen LogP contribution in [0.4, 0.5) is 14.9 Å². The number of thiazole rings is 1. The number of hydrogen-bond donors (Lipinski definition) is 3. The highest BCUT2D eigenvalue weighted by Gasteiger charge is 2.29. The predicted molar refractivity (Wildman–Crippen MR) is 125 cm³/mol. The summed E-state index contributed by atoms with van der Waals surface area (Å²) in [6.07, 6.45) is 3.35. The molecule has 0 bridgehead atoms. The van der Waals surface area contributed by atoms with Crippen LogP contribution in [0, 0.1) is 5.82 Å². The van der Waals surface area contributed by atoms with Crippen molar-refractivity contribution in [1.82, 2.24) is 15.6 Å². The molecule has 3 N–H and O–H groups in total. The van der Waals surface area contributed by atoms with E-state index in [1.54, 1.807) is 17.5 Å². The number of amides is 3. The van der Waals surface area contributed by atoms with E-state index in [-0.39, 0.29) is 30.3 Å². The van der Waals surface area contributed by atoms with Gasteiger partial charge in [-0.05, 0) is 37.1 Å². The molecule has 1 aliphatic rings. The summed E-state index contributed by atoms with van der Waals surface area (Å²) >= 11 is 1.36. The minimum Gasteiger partial charge on any atom is -0.486 e. The fourth-order valence-corrected chi connectivity index (χ4v) is 4.44. The first kappa shape index (κ1) is 22.7. The van der Waals surface area contributed by atoms with Crippen molar-refractivity contribution in [3.63, 3.8) is 0 Å². The minimum atomic E-state index is -0.503. The summed E-state index contributed by atoms with van der Waals surface area (Å²) in [6.45, 7) is 0.284. The van der Waals surface area contributed by atoms with Crippen LogP contribution in [-0.2, 0) is 6.61 Å². The van der Waals surface area contributed by atoms with Crippen molar-refractivity contribution in [2.24, 2.45) is 0 Å². The van der Waals surface area contributed by atoms with Gasteiger partial charge in [-0.1, -0.05) is 43.2 Å². The summed E-state index contributed by atoms with van der Waals surface area (Å²) in [5.74, 6) is -0.0503. The average Bonchev–Trinajstić information content (AvgIpc) is 3.30. The molecule has 4 rings (SSSR count). The zero-order chi connectivity index (χ0) is 23.0. The van der Waals surface area contributed by atoms with Crippen molar-refractivity contribution in [1.29, 1.82) is 0 Å². The number of nitrogens with zero attached hydrogens (tertiary/aromatic N) is 1. The SMILES string of the molecule is O=C(Nc1ccccc1F)NC1CCCCC1NC(=O)c1csc(COc2ccccc2)n1. The van der Waals surface area contributed by atoms with Crippen molar-refractivity contribution < 1.29 is 18.7 Å². The molecule has 1 aliphatic carbocycles. The molecule has 1 aromatic heterocycles. The normalized spacial score (nSPS) is 17.7. The first-order valence-corrected chi connectivity index (χ1v) is 11.7. The molecule has 0 aliphatic heterocycles. The van der Waals surface area contributed by atoms with Gasteiger partial charge in [0, 0.05) is 11.4 Å². The monoisotopic (exact) mass is 468 g/mol. The molecule has 1 saturated carbocycles. The van der Waals surface area contributed by atoms with Gasteiger partial charge in [-0.15, -0.1) is 11.3 Å². The van der Waals surface area contributed by atoms with Crippen molar-refractivity contribution in [2.75, 3.05) is 5.32 Å². The molecule has 0 saturated heterocycles. The van der Waals surface area contributed by atoms with Crippen LogP contribution in [0.5, 0.6) is 5.75 Å². The summed E-state index contributed by atoms with van der Waals surface area (Å²) < 4.78 is 19.5. The van der Waals surface area contributed by atoms with Crippen LogP contribution in [-0.4, -0.2) is 29.0 Å². The van der Waals surface area contributed by atoms with Gasteiger partial charge in [0.2, 0.25) is 0 Å². The van der Waals surface area contributed by atoms with E-state index in [1.165, 1.54) is 23.5 Å². The smallest absolute Gasteiger partial charge is 0.319 e. The van der Waals surface area contributed by atoms with E-state index in [1.807, 2.05) is 30.3 Å². The van der Waals surface area contributed by atoms with Crippen molar-refractivity contribution in [2.45, 2.75) is 44.4 Å². The number of halogens is 1. The highest BCUT2D eigenvalue weighted by molar-refractivity contribution is 7.09. The van der Waals surface area contributed by atoms with E-state index in [9.17, 15) is 14.0 Å². The van der Waals surface area contributed by atoms with E-state index >= 15 is 0 Å². The summed E-state index contributed by atoms with van der Waals surface area (Å²) in [4.78, 5) is 29.6. The Kier molecular flexibility index (Phi) is 7.51. The first-order chi connectivity index (χ1) is 16.1. The number of benzene rings is 2. The molecule has 3 aromatic rings. The highest BCUT2D eigenvalue weighted by atomic mass is 32.1. The second-order valence-corrected chi connectivity index (χ2v) is 8.72. The molecule has 7 nitrogen and oxygen atoms in total. The van der Waals surface area contributed by atoms with Gasteiger partial charge < -0.3 is 20.7 Å². The molecule has 172 valence electrons. The van der Waals surface area contributed by atoms with E-state index in [0.717, 1.165) is 31.4 Å². The Balaban J connectivity index is 1.32. The fraction of sp³-hybridized carbons (Fsp3) is 0.292. The third-order valence-electron chi connectivity index (χ3n) is 5.41. The predicted octanol–water partition coefficient (Wildman–Crippen LogP) is 4.72. The summed E-state index contributed by atoms with van der Waals surface area (Å²) in [5.41, 5.74) is 0.436. The third-order valence-corrected chi connectivity index (χ3v) is 6.23. The van der Waals surface area contributed by atoms with Gasteiger partial charge >= 0.3 is 6.03 Å². The maximum absolute atomic E-state index is 13.8. The molecule has 0 radical (unpaired) electrons. The summed E-state index contributed by atoms with van der Waals surface area (Å²) in [6, 6.07) is 14.4. The van der Waals surface area contributed by atoms with Crippen LogP contribution in [0.25, 0.3) is 0 Å². The molecular weight excluding hydrogens is 443 g/mol. The lowest BCUT2D eigenvalue weighted by Gasteiger charge is -2.32. The molecule has 0 spiro atoms. The van der Waals surface area contributed by atoms with Gasteiger partial charge in [0.05, 0.1) is 11.7 Å². The van der Waals surface area contributed by atoms with Crippen LogP contribution in [0.2, 0.25) is 0 Å². The Morgan fingerprint density at radius 1 is 1.00 bits per heavy atom. The number of anilines is 1. The Hall–Kier alpha value is -3.46. The molecule has 33 heavy (non-hydrogen) atoms. The Labute approximate surface area is 195 Å². The quantitative estimate of drug-likeness (QED) is 0.468. The third kappa shape index (κ3) is 6.29. The lowest BCUT2D eigenvalue weighted by atomic mass is 9.90. The first-order valence-electron chi connectivity index (χ1n) is 10.8. The van der Waals surface area contributed by atoms with Gasteiger partial charge in [0.25, 0.3) is 5.91 Å². The van der Waals surface area contributed by atoms with Crippen LogP contribution < -0.4 is 20.7 Å². The number of carbonyl (C=O) groups is 2. The minimum absolute atomic E-state index is 0.110. The molecule has 9 heteroatoms. The molecule has 3 amide bonds.